The van der Waals surface area contributed by atoms with Gasteiger partial charge in [0.1, 0.15) is 5.69 Å². The van der Waals surface area contributed by atoms with Crippen LogP contribution in [-0.4, -0.2) is 14.8 Å². The Balaban J connectivity index is 2.23. The van der Waals surface area contributed by atoms with Crippen LogP contribution in [0.25, 0.3) is 22.3 Å². The molecule has 2 aromatic heterocycles. The first-order chi connectivity index (χ1) is 8.70. The highest BCUT2D eigenvalue weighted by atomic mass is 15.1. The molecule has 0 unspecified atom stereocenters. The summed E-state index contributed by atoms with van der Waals surface area (Å²) in [7, 11) is 2.06. The number of nitrogens with one attached hydrogen (secondary N) is 1. The van der Waals surface area contributed by atoms with Crippen molar-refractivity contribution in [3.63, 3.8) is 0 Å². The summed E-state index contributed by atoms with van der Waals surface area (Å²) in [6.45, 7) is 2.61. The number of benzene rings is 1. The van der Waals surface area contributed by atoms with Crippen LogP contribution in [0.1, 0.15) is 11.3 Å². The average molecular weight is 240 g/mol. The van der Waals surface area contributed by atoms with Gasteiger partial charge in [-0.25, -0.2) is 0 Å². The van der Waals surface area contributed by atoms with Crippen molar-refractivity contribution >= 4 is 10.9 Å². The Bertz CT molecular complexity index is 706. The number of aromatic amines is 1. The van der Waals surface area contributed by atoms with Gasteiger partial charge in [0.05, 0.1) is 5.69 Å². The van der Waals surface area contributed by atoms with Crippen molar-refractivity contribution < 1.29 is 0 Å². The number of aromatic nitrogens is 3. The molecular weight excluding hydrogens is 224 g/mol. The highest BCUT2D eigenvalue weighted by Gasteiger charge is 2.11. The predicted molar refractivity (Wildman–Crippen MR) is 73.1 cm³/mol. The summed E-state index contributed by atoms with van der Waals surface area (Å²) in [5, 5.41) is 8.54. The smallest absolute Gasteiger partial charge is 0.109 e. The molecule has 0 aliphatic heterocycles. The van der Waals surface area contributed by atoms with Crippen LogP contribution in [0.5, 0.6) is 0 Å². The van der Waals surface area contributed by atoms with E-state index in [0.29, 0.717) is 6.54 Å². The van der Waals surface area contributed by atoms with Gasteiger partial charge in [-0.3, -0.25) is 5.10 Å². The zero-order chi connectivity index (χ0) is 12.7. The molecule has 3 rings (SSSR count). The molecule has 3 N–H and O–H groups in total. The van der Waals surface area contributed by atoms with E-state index in [0.717, 1.165) is 17.1 Å². The summed E-state index contributed by atoms with van der Waals surface area (Å²) >= 11 is 0. The van der Waals surface area contributed by atoms with E-state index in [4.69, 9.17) is 5.73 Å². The van der Waals surface area contributed by atoms with E-state index in [-0.39, 0.29) is 0 Å². The standard InChI is InChI=1S/C14H16N4/c1-9-4-3-5-13-11(9)7-14(18(13)2)12-6-10(8-15)16-17-12/h3-7H,8,15H2,1-2H3,(H,16,17). The first kappa shape index (κ1) is 11.0. The summed E-state index contributed by atoms with van der Waals surface area (Å²) < 4.78 is 2.17. The molecule has 0 amide bonds. The number of rotatable bonds is 2. The van der Waals surface area contributed by atoms with Gasteiger partial charge in [-0.15, -0.1) is 0 Å². The minimum Gasteiger partial charge on any atom is -0.342 e. The summed E-state index contributed by atoms with van der Waals surface area (Å²) in [5.41, 5.74) is 11.1. The lowest BCUT2D eigenvalue weighted by Crippen LogP contribution is -1.95. The van der Waals surface area contributed by atoms with Crippen molar-refractivity contribution in [2.24, 2.45) is 12.8 Å². The van der Waals surface area contributed by atoms with E-state index in [1.165, 1.54) is 16.5 Å². The number of nitrogens with two attached hydrogens (primary N) is 1. The van der Waals surface area contributed by atoms with Gasteiger partial charge in [0.15, 0.2) is 0 Å². The summed E-state index contributed by atoms with van der Waals surface area (Å²) in [5.74, 6) is 0. The molecule has 0 aliphatic rings. The van der Waals surface area contributed by atoms with Crippen LogP contribution < -0.4 is 5.73 Å². The topological polar surface area (TPSA) is 59.6 Å². The van der Waals surface area contributed by atoms with Gasteiger partial charge in [-0.05, 0) is 30.7 Å². The molecule has 4 heteroatoms. The van der Waals surface area contributed by atoms with Crippen LogP contribution >= 0.6 is 0 Å². The lowest BCUT2D eigenvalue weighted by molar-refractivity contribution is 0.937. The molecule has 3 aromatic rings. The Morgan fingerprint density at radius 3 is 2.83 bits per heavy atom. The highest BCUT2D eigenvalue weighted by Crippen LogP contribution is 2.28. The molecule has 0 saturated carbocycles. The molecular formula is C14H16N4. The van der Waals surface area contributed by atoms with Crippen LogP contribution in [0.2, 0.25) is 0 Å². The maximum absolute atomic E-state index is 5.60. The van der Waals surface area contributed by atoms with Gasteiger partial charge in [0, 0.05) is 30.2 Å². The molecule has 4 nitrogen and oxygen atoms in total. The van der Waals surface area contributed by atoms with Crippen LogP contribution in [-0.2, 0) is 13.6 Å². The van der Waals surface area contributed by atoms with E-state index in [2.05, 4.69) is 53.0 Å². The number of hydrogen-bond donors (Lipinski definition) is 2. The molecule has 18 heavy (non-hydrogen) atoms. The molecule has 0 saturated heterocycles. The Hall–Kier alpha value is -2.07. The molecule has 0 fully saturated rings. The van der Waals surface area contributed by atoms with Gasteiger partial charge >= 0.3 is 0 Å². The van der Waals surface area contributed by atoms with Crippen molar-refractivity contribution in [2.45, 2.75) is 13.5 Å². The van der Waals surface area contributed by atoms with Gasteiger partial charge in [0.25, 0.3) is 0 Å². The fourth-order valence-electron chi connectivity index (χ4n) is 2.35. The Labute approximate surface area is 105 Å². The molecule has 0 spiro atoms. The second kappa shape index (κ2) is 3.99. The van der Waals surface area contributed by atoms with E-state index < -0.39 is 0 Å². The normalized spacial score (nSPS) is 11.3. The zero-order valence-electron chi connectivity index (χ0n) is 10.6. The average Bonchev–Trinajstić information content (AvgIpc) is 2.96. The van der Waals surface area contributed by atoms with Crippen LogP contribution in [0.4, 0.5) is 0 Å². The van der Waals surface area contributed by atoms with E-state index in [1.54, 1.807) is 0 Å². The largest absolute Gasteiger partial charge is 0.342 e. The van der Waals surface area contributed by atoms with Crippen LogP contribution in [0.15, 0.2) is 30.3 Å². The summed E-state index contributed by atoms with van der Waals surface area (Å²) in [6.07, 6.45) is 0. The maximum atomic E-state index is 5.60. The highest BCUT2D eigenvalue weighted by molar-refractivity contribution is 5.88. The zero-order valence-corrected chi connectivity index (χ0v) is 10.6. The molecule has 1 aromatic carbocycles. The van der Waals surface area contributed by atoms with Gasteiger partial charge in [-0.2, -0.15) is 5.10 Å². The fourth-order valence-corrected chi connectivity index (χ4v) is 2.35. The lowest BCUT2D eigenvalue weighted by Gasteiger charge is -2.00. The lowest BCUT2D eigenvalue weighted by atomic mass is 10.1. The number of hydrogen-bond acceptors (Lipinski definition) is 2. The number of H-pyrrole nitrogens is 1. The van der Waals surface area contributed by atoms with Gasteiger partial charge in [-0.1, -0.05) is 12.1 Å². The molecule has 0 aliphatic carbocycles. The van der Waals surface area contributed by atoms with Crippen LogP contribution in [0, 0.1) is 6.92 Å². The Kier molecular flexibility index (Phi) is 2.45. The van der Waals surface area contributed by atoms with E-state index in [1.807, 2.05) is 6.07 Å². The SMILES string of the molecule is Cc1cccc2c1cc(-c1cc(CN)[nH]n1)n2C. The number of aryl methyl sites for hydroxylation is 2. The summed E-state index contributed by atoms with van der Waals surface area (Å²) in [6, 6.07) is 10.5. The number of nitrogens with zero attached hydrogens (tertiary/aromatic N) is 2. The van der Waals surface area contributed by atoms with Crippen molar-refractivity contribution in [1.82, 2.24) is 14.8 Å². The third-order valence-corrected chi connectivity index (χ3v) is 3.42. The Morgan fingerprint density at radius 2 is 2.17 bits per heavy atom. The van der Waals surface area contributed by atoms with Crippen molar-refractivity contribution in [1.29, 1.82) is 0 Å². The molecule has 92 valence electrons. The molecule has 0 atom stereocenters. The monoisotopic (exact) mass is 240 g/mol. The minimum atomic E-state index is 0.482. The maximum Gasteiger partial charge on any atom is 0.109 e. The summed E-state index contributed by atoms with van der Waals surface area (Å²) in [4.78, 5) is 0. The minimum absolute atomic E-state index is 0.482. The van der Waals surface area contributed by atoms with Crippen LogP contribution in [0.3, 0.4) is 0 Å². The van der Waals surface area contributed by atoms with E-state index in [9.17, 15) is 0 Å². The fraction of sp³-hybridized carbons (Fsp3) is 0.214. The first-order valence-corrected chi connectivity index (χ1v) is 6.00. The quantitative estimate of drug-likeness (QED) is 0.722. The van der Waals surface area contributed by atoms with Crippen molar-refractivity contribution in [3.05, 3.63) is 41.6 Å². The van der Waals surface area contributed by atoms with Gasteiger partial charge < -0.3 is 10.3 Å². The van der Waals surface area contributed by atoms with E-state index >= 15 is 0 Å². The second-order valence-corrected chi connectivity index (χ2v) is 4.58. The predicted octanol–water partition coefficient (Wildman–Crippen LogP) is 2.34. The second-order valence-electron chi connectivity index (χ2n) is 4.58. The third-order valence-electron chi connectivity index (χ3n) is 3.42. The van der Waals surface area contributed by atoms with Crippen molar-refractivity contribution in [2.75, 3.05) is 0 Å². The first-order valence-electron chi connectivity index (χ1n) is 6.00. The van der Waals surface area contributed by atoms with Gasteiger partial charge in [0.2, 0.25) is 0 Å². The molecule has 0 radical (unpaired) electrons. The molecule has 2 heterocycles. The van der Waals surface area contributed by atoms with Crippen molar-refractivity contribution in [3.8, 4) is 11.4 Å². The Morgan fingerprint density at radius 1 is 1.33 bits per heavy atom. The number of fused-ring (bicyclic) bond motifs is 1. The third kappa shape index (κ3) is 1.54. The molecule has 0 bridgehead atoms.